The number of nitrogens with one attached hydrogen (secondary N) is 2. The lowest BCUT2D eigenvalue weighted by molar-refractivity contribution is -0.257. The molecular formula is C11H9N2O5-. The van der Waals surface area contributed by atoms with Gasteiger partial charge in [0, 0.05) is 17.7 Å². The predicted octanol–water partition coefficient (Wildman–Crippen LogP) is -1.08. The standard InChI is InChI=1S/C11H10N2O5/c1-5-7(9(14)13-11(17)12-5)4-6-2-3-8(18-6)10(15)16/h2-3H,4H2,1H3,(H,15,16)(H2,12,13,14,17)/p-1. The highest BCUT2D eigenvalue weighted by molar-refractivity contribution is 5.82. The van der Waals surface area contributed by atoms with Gasteiger partial charge in [0.15, 0.2) is 0 Å². The van der Waals surface area contributed by atoms with Gasteiger partial charge in [-0.25, -0.2) is 4.79 Å². The fraction of sp³-hybridized carbons (Fsp3) is 0.182. The zero-order chi connectivity index (χ0) is 13.3. The minimum absolute atomic E-state index is 0.0885. The van der Waals surface area contributed by atoms with Crippen molar-refractivity contribution in [1.29, 1.82) is 0 Å². The second kappa shape index (κ2) is 4.36. The van der Waals surface area contributed by atoms with Crippen LogP contribution in [0.4, 0.5) is 0 Å². The maximum atomic E-state index is 11.6. The second-order valence-electron chi connectivity index (χ2n) is 3.74. The molecule has 0 spiro atoms. The van der Waals surface area contributed by atoms with Crippen LogP contribution in [0.1, 0.15) is 27.6 Å². The Morgan fingerprint density at radius 2 is 2.06 bits per heavy atom. The Balaban J connectivity index is 2.37. The van der Waals surface area contributed by atoms with E-state index in [2.05, 4.69) is 9.97 Å². The predicted molar refractivity (Wildman–Crippen MR) is 58.3 cm³/mol. The van der Waals surface area contributed by atoms with Gasteiger partial charge in [-0.05, 0) is 19.1 Å². The zero-order valence-electron chi connectivity index (χ0n) is 9.40. The Labute approximate surface area is 100 Å². The van der Waals surface area contributed by atoms with Gasteiger partial charge in [0.25, 0.3) is 5.56 Å². The highest BCUT2D eigenvalue weighted by Crippen LogP contribution is 2.11. The average Bonchev–Trinajstić information content (AvgIpc) is 2.71. The van der Waals surface area contributed by atoms with Crippen molar-refractivity contribution in [3.05, 3.63) is 55.7 Å². The van der Waals surface area contributed by atoms with Crippen molar-refractivity contribution in [2.75, 3.05) is 0 Å². The molecule has 0 aromatic carbocycles. The van der Waals surface area contributed by atoms with Gasteiger partial charge in [0.2, 0.25) is 0 Å². The first-order valence-corrected chi connectivity index (χ1v) is 5.09. The third-order valence-electron chi connectivity index (χ3n) is 2.47. The number of hydrogen-bond acceptors (Lipinski definition) is 5. The van der Waals surface area contributed by atoms with Crippen molar-refractivity contribution in [3.63, 3.8) is 0 Å². The van der Waals surface area contributed by atoms with E-state index in [-0.39, 0.29) is 12.2 Å². The third-order valence-corrected chi connectivity index (χ3v) is 2.47. The maximum absolute atomic E-state index is 11.6. The number of aromatic nitrogens is 2. The van der Waals surface area contributed by atoms with Crippen molar-refractivity contribution in [2.24, 2.45) is 0 Å². The molecule has 94 valence electrons. The summed E-state index contributed by atoms with van der Waals surface area (Å²) in [6, 6.07) is 2.69. The van der Waals surface area contributed by atoms with E-state index in [4.69, 9.17) is 4.42 Å². The number of carboxylic acid groups (broad SMARTS) is 1. The molecule has 0 bridgehead atoms. The van der Waals surface area contributed by atoms with E-state index < -0.39 is 17.2 Å². The molecule has 2 heterocycles. The Morgan fingerprint density at radius 1 is 1.33 bits per heavy atom. The number of aryl methyl sites for hydroxylation is 1. The minimum atomic E-state index is -1.42. The highest BCUT2D eigenvalue weighted by Gasteiger charge is 2.10. The van der Waals surface area contributed by atoms with E-state index in [0.29, 0.717) is 17.0 Å². The Hall–Kier alpha value is -2.57. The number of carbonyl (C=O) groups excluding carboxylic acids is 1. The molecule has 2 N–H and O–H groups in total. The monoisotopic (exact) mass is 249 g/mol. The van der Waals surface area contributed by atoms with Crippen molar-refractivity contribution in [2.45, 2.75) is 13.3 Å². The first-order valence-electron chi connectivity index (χ1n) is 5.09. The molecule has 7 nitrogen and oxygen atoms in total. The summed E-state index contributed by atoms with van der Waals surface area (Å²) in [6.07, 6.45) is 0.0885. The van der Waals surface area contributed by atoms with E-state index in [1.807, 2.05) is 0 Å². The Kier molecular flexibility index (Phi) is 2.88. The number of H-pyrrole nitrogens is 2. The van der Waals surface area contributed by atoms with Crippen LogP contribution in [0, 0.1) is 6.92 Å². The summed E-state index contributed by atoms with van der Waals surface area (Å²) < 4.78 is 4.98. The van der Waals surface area contributed by atoms with Crippen molar-refractivity contribution in [1.82, 2.24) is 9.97 Å². The van der Waals surface area contributed by atoms with Crippen LogP contribution in [-0.4, -0.2) is 15.9 Å². The quantitative estimate of drug-likeness (QED) is 0.717. The van der Waals surface area contributed by atoms with E-state index in [9.17, 15) is 19.5 Å². The van der Waals surface area contributed by atoms with Gasteiger partial charge in [0.05, 0.1) is 0 Å². The summed E-state index contributed by atoms with van der Waals surface area (Å²) in [7, 11) is 0. The smallest absolute Gasteiger partial charge is 0.325 e. The number of hydrogen-bond donors (Lipinski definition) is 2. The molecule has 0 fully saturated rings. The third kappa shape index (κ3) is 2.24. The molecule has 7 heteroatoms. The number of aromatic amines is 2. The normalized spacial score (nSPS) is 10.5. The van der Waals surface area contributed by atoms with Gasteiger partial charge in [-0.1, -0.05) is 0 Å². The van der Waals surface area contributed by atoms with E-state index in [0.717, 1.165) is 0 Å². The summed E-state index contributed by atoms with van der Waals surface area (Å²) in [5.74, 6) is -1.42. The summed E-state index contributed by atoms with van der Waals surface area (Å²) >= 11 is 0. The van der Waals surface area contributed by atoms with Gasteiger partial charge in [-0.3, -0.25) is 9.78 Å². The summed E-state index contributed by atoms with van der Waals surface area (Å²) in [4.78, 5) is 37.6. The van der Waals surface area contributed by atoms with E-state index in [1.54, 1.807) is 6.92 Å². The topological polar surface area (TPSA) is 119 Å². The molecule has 0 saturated carbocycles. The Morgan fingerprint density at radius 3 is 2.61 bits per heavy atom. The molecule has 0 radical (unpaired) electrons. The lowest BCUT2D eigenvalue weighted by Gasteiger charge is -2.01. The van der Waals surface area contributed by atoms with Crippen molar-refractivity contribution in [3.8, 4) is 0 Å². The van der Waals surface area contributed by atoms with Crippen LogP contribution in [0.25, 0.3) is 0 Å². The first kappa shape index (κ1) is 11.9. The zero-order valence-corrected chi connectivity index (χ0v) is 9.40. The fourth-order valence-electron chi connectivity index (χ4n) is 1.60. The molecule has 2 aromatic heterocycles. The minimum Gasteiger partial charge on any atom is -0.542 e. The van der Waals surface area contributed by atoms with Crippen molar-refractivity contribution < 1.29 is 14.3 Å². The first-order chi connectivity index (χ1) is 8.47. The van der Waals surface area contributed by atoms with Gasteiger partial charge < -0.3 is 19.3 Å². The fourth-order valence-corrected chi connectivity index (χ4v) is 1.60. The lowest BCUT2D eigenvalue weighted by atomic mass is 10.1. The molecule has 0 unspecified atom stereocenters. The number of aromatic carboxylic acids is 1. The molecule has 0 amide bonds. The van der Waals surface area contributed by atoms with Gasteiger partial charge >= 0.3 is 5.69 Å². The highest BCUT2D eigenvalue weighted by atomic mass is 16.4. The van der Waals surface area contributed by atoms with Crippen LogP contribution >= 0.6 is 0 Å². The number of rotatable bonds is 3. The maximum Gasteiger partial charge on any atom is 0.325 e. The molecule has 0 atom stereocenters. The van der Waals surface area contributed by atoms with Crippen LogP contribution in [0.3, 0.4) is 0 Å². The van der Waals surface area contributed by atoms with E-state index in [1.165, 1.54) is 12.1 Å². The van der Waals surface area contributed by atoms with Crippen LogP contribution in [0.15, 0.2) is 26.1 Å². The van der Waals surface area contributed by atoms with Crippen molar-refractivity contribution >= 4 is 5.97 Å². The van der Waals surface area contributed by atoms with Gasteiger partial charge in [-0.15, -0.1) is 0 Å². The molecule has 0 aliphatic rings. The summed E-state index contributed by atoms with van der Waals surface area (Å²) in [6.45, 7) is 1.58. The molecule has 2 aromatic rings. The molecular weight excluding hydrogens is 240 g/mol. The molecule has 18 heavy (non-hydrogen) atoms. The van der Waals surface area contributed by atoms with Crippen LogP contribution < -0.4 is 16.4 Å². The summed E-state index contributed by atoms with van der Waals surface area (Å²) in [5.41, 5.74) is -0.386. The Bertz CT molecular complexity index is 707. The average molecular weight is 249 g/mol. The van der Waals surface area contributed by atoms with E-state index >= 15 is 0 Å². The van der Waals surface area contributed by atoms with Crippen LogP contribution in [0.2, 0.25) is 0 Å². The van der Waals surface area contributed by atoms with Gasteiger partial charge in [-0.2, -0.15) is 0 Å². The number of carbonyl (C=O) groups is 1. The molecule has 2 rings (SSSR count). The number of carboxylic acids is 1. The van der Waals surface area contributed by atoms with Crippen LogP contribution in [-0.2, 0) is 6.42 Å². The number of furan rings is 1. The molecule has 0 aliphatic carbocycles. The lowest BCUT2D eigenvalue weighted by Crippen LogP contribution is -2.27. The largest absolute Gasteiger partial charge is 0.542 e. The van der Waals surface area contributed by atoms with Gasteiger partial charge in [0.1, 0.15) is 17.5 Å². The summed E-state index contributed by atoms with van der Waals surface area (Å²) in [5, 5.41) is 10.5. The molecule has 0 saturated heterocycles. The SMILES string of the molecule is Cc1[nH]c(=O)[nH]c(=O)c1Cc1ccc(C(=O)[O-])o1. The molecule has 0 aliphatic heterocycles. The second-order valence-corrected chi connectivity index (χ2v) is 3.74. The van der Waals surface area contributed by atoms with Crippen LogP contribution in [0.5, 0.6) is 0 Å².